The molecule has 1 aliphatic heterocycles. The third-order valence-corrected chi connectivity index (χ3v) is 1.83. The van der Waals surface area contributed by atoms with Gasteiger partial charge >= 0.3 is 0 Å². The van der Waals surface area contributed by atoms with Gasteiger partial charge in [0.25, 0.3) is 11.8 Å². The average molecular weight is 200 g/mol. The fourth-order valence-electron chi connectivity index (χ4n) is 1.29. The van der Waals surface area contributed by atoms with E-state index in [1.807, 2.05) is 0 Å². The van der Waals surface area contributed by atoms with Crippen LogP contribution < -0.4 is 5.32 Å². The summed E-state index contributed by atoms with van der Waals surface area (Å²) in [6.07, 6.45) is 3.30. The second kappa shape index (κ2) is 3.14. The van der Waals surface area contributed by atoms with E-state index in [4.69, 9.17) is 0 Å². The number of rotatable bonds is 0. The molecule has 0 radical (unpaired) electrons. The van der Waals surface area contributed by atoms with Crippen LogP contribution in [-0.2, 0) is 14.4 Å². The summed E-state index contributed by atoms with van der Waals surface area (Å²) < 4.78 is 0. The summed E-state index contributed by atoms with van der Waals surface area (Å²) in [4.78, 5) is 33.1. The van der Waals surface area contributed by atoms with E-state index in [0.717, 1.165) is 0 Å². The molecule has 0 saturated carbocycles. The third kappa shape index (κ3) is 1.29. The molecule has 0 spiro atoms. The highest BCUT2D eigenvalue weighted by Gasteiger charge is 2.34. The fraction of sp³-hybridized carbons (Fsp3) is 0.125. The lowest BCUT2D eigenvalue weighted by molar-refractivity contribution is -0.124. The van der Waals surface area contributed by atoms with E-state index in [2.05, 4.69) is 5.32 Å². The smallest absolute Gasteiger partial charge is 0.262 e. The van der Waals surface area contributed by atoms with E-state index in [1.165, 1.54) is 6.08 Å². The van der Waals surface area contributed by atoms with E-state index < -0.39 is 11.8 Å². The van der Waals surface area contributed by atoms with Crippen molar-refractivity contribution in [1.29, 1.82) is 0 Å². The number of halogens is 1. The maximum atomic E-state index is 11.1. The van der Waals surface area contributed by atoms with Gasteiger partial charge < -0.3 is 0 Å². The van der Waals surface area contributed by atoms with Crippen molar-refractivity contribution in [3.8, 4) is 0 Å². The Balaban J connectivity index is 0.000000845. The molecule has 1 N–H and O–H groups in total. The molecule has 5 heteroatoms. The molecular weight excluding hydrogens is 194 g/mol. The minimum absolute atomic E-state index is 0. The second-order valence-corrected chi connectivity index (χ2v) is 2.60. The van der Waals surface area contributed by atoms with Crippen LogP contribution in [0.5, 0.6) is 0 Å². The van der Waals surface area contributed by atoms with Gasteiger partial charge in [-0.25, -0.2) is 0 Å². The Hall–Kier alpha value is -1.42. The molecular formula is C8H6ClNO3. The second-order valence-electron chi connectivity index (χ2n) is 2.60. The number of Topliss-reactive ketones (excluding diaryl/α,β-unsaturated/α-hetero) is 1. The van der Waals surface area contributed by atoms with Gasteiger partial charge in [0.15, 0.2) is 5.78 Å². The number of carbonyl (C=O) groups is 3. The topological polar surface area (TPSA) is 63.2 Å². The fourth-order valence-corrected chi connectivity index (χ4v) is 1.29. The predicted molar refractivity (Wildman–Crippen MR) is 46.2 cm³/mol. The van der Waals surface area contributed by atoms with Crippen molar-refractivity contribution in [3.63, 3.8) is 0 Å². The normalized spacial score (nSPS) is 19.8. The van der Waals surface area contributed by atoms with Crippen LogP contribution in [0.2, 0.25) is 0 Å². The number of carbonyl (C=O) groups excluding carboxylic acids is 3. The largest absolute Gasteiger partial charge is 0.294 e. The number of nitrogens with one attached hydrogen (secondary N) is 1. The molecule has 0 atom stereocenters. The molecule has 0 saturated heterocycles. The first-order chi connectivity index (χ1) is 5.70. The minimum atomic E-state index is -0.565. The SMILES string of the molecule is Cl.O=C1CC=CC2=C1C(=O)NC2=O. The molecule has 1 aliphatic carbocycles. The van der Waals surface area contributed by atoms with E-state index in [1.54, 1.807) is 6.08 Å². The Kier molecular flexibility index (Phi) is 2.34. The zero-order chi connectivity index (χ0) is 8.72. The summed E-state index contributed by atoms with van der Waals surface area (Å²) >= 11 is 0. The molecule has 0 bridgehead atoms. The van der Waals surface area contributed by atoms with Gasteiger partial charge in [-0.1, -0.05) is 12.2 Å². The van der Waals surface area contributed by atoms with Crippen LogP contribution >= 0.6 is 12.4 Å². The minimum Gasteiger partial charge on any atom is -0.294 e. The van der Waals surface area contributed by atoms with Gasteiger partial charge in [-0.3, -0.25) is 19.7 Å². The standard InChI is InChI=1S/C8H5NO3.ClH/c10-5-3-1-2-4-6(5)8(12)9-7(4)11;/h1-2H,3H2,(H,9,11,12);1H. The highest BCUT2D eigenvalue weighted by atomic mass is 35.5. The molecule has 13 heavy (non-hydrogen) atoms. The monoisotopic (exact) mass is 199 g/mol. The van der Waals surface area contributed by atoms with Crippen LogP contribution in [0.25, 0.3) is 0 Å². The lowest BCUT2D eigenvalue weighted by Gasteiger charge is -2.01. The Morgan fingerprint density at radius 1 is 1.15 bits per heavy atom. The highest BCUT2D eigenvalue weighted by molar-refractivity contribution is 6.33. The molecule has 0 aromatic carbocycles. The van der Waals surface area contributed by atoms with Gasteiger partial charge in [0.2, 0.25) is 0 Å². The van der Waals surface area contributed by atoms with Crippen molar-refractivity contribution >= 4 is 30.0 Å². The summed E-state index contributed by atoms with van der Waals surface area (Å²) in [6, 6.07) is 0. The molecule has 2 amide bonds. The van der Waals surface area contributed by atoms with E-state index >= 15 is 0 Å². The van der Waals surface area contributed by atoms with Crippen molar-refractivity contribution in [2.75, 3.05) is 0 Å². The summed E-state index contributed by atoms with van der Waals surface area (Å²) in [7, 11) is 0. The van der Waals surface area contributed by atoms with Gasteiger partial charge in [-0.2, -0.15) is 0 Å². The number of imide groups is 1. The number of ketones is 1. The maximum absolute atomic E-state index is 11.1. The molecule has 0 aromatic heterocycles. The molecule has 68 valence electrons. The van der Waals surface area contributed by atoms with Crippen molar-refractivity contribution in [2.24, 2.45) is 0 Å². The Morgan fingerprint density at radius 2 is 1.85 bits per heavy atom. The lowest BCUT2D eigenvalue weighted by atomic mass is 9.98. The summed E-state index contributed by atoms with van der Waals surface area (Å²) in [6.45, 7) is 0. The number of hydrogen-bond donors (Lipinski definition) is 1. The average Bonchev–Trinajstić information content (AvgIpc) is 2.29. The first kappa shape index (κ1) is 9.67. The van der Waals surface area contributed by atoms with Gasteiger partial charge in [-0.05, 0) is 0 Å². The number of amides is 2. The van der Waals surface area contributed by atoms with Crippen LogP contribution in [0.1, 0.15) is 6.42 Å². The van der Waals surface area contributed by atoms with Crippen LogP contribution in [-0.4, -0.2) is 17.6 Å². The van der Waals surface area contributed by atoms with Crippen LogP contribution in [0.15, 0.2) is 23.3 Å². The predicted octanol–water partition coefficient (Wildman–Crippen LogP) is -0.110. The molecule has 0 fully saturated rings. The first-order valence-corrected chi connectivity index (χ1v) is 3.50. The van der Waals surface area contributed by atoms with Crippen molar-refractivity contribution in [3.05, 3.63) is 23.3 Å². The molecule has 2 aliphatic rings. The Morgan fingerprint density at radius 3 is 2.46 bits per heavy atom. The Bertz CT molecular complexity index is 358. The van der Waals surface area contributed by atoms with Crippen LogP contribution in [0.3, 0.4) is 0 Å². The molecule has 4 nitrogen and oxygen atoms in total. The molecule has 1 heterocycles. The van der Waals surface area contributed by atoms with E-state index in [-0.39, 0.29) is 35.8 Å². The van der Waals surface area contributed by atoms with Crippen molar-refractivity contribution < 1.29 is 14.4 Å². The van der Waals surface area contributed by atoms with Crippen LogP contribution in [0, 0.1) is 0 Å². The quantitative estimate of drug-likeness (QED) is 0.437. The first-order valence-electron chi connectivity index (χ1n) is 3.50. The van der Waals surface area contributed by atoms with Gasteiger partial charge in [0, 0.05) is 6.42 Å². The molecule has 0 unspecified atom stereocenters. The third-order valence-electron chi connectivity index (χ3n) is 1.83. The number of hydrogen-bond acceptors (Lipinski definition) is 3. The lowest BCUT2D eigenvalue weighted by Crippen LogP contribution is -2.24. The van der Waals surface area contributed by atoms with Gasteiger partial charge in [-0.15, -0.1) is 12.4 Å². The zero-order valence-corrected chi connectivity index (χ0v) is 7.31. The molecule has 2 rings (SSSR count). The van der Waals surface area contributed by atoms with E-state index in [0.29, 0.717) is 0 Å². The Labute approximate surface area is 80.1 Å². The van der Waals surface area contributed by atoms with Gasteiger partial charge in [0.05, 0.1) is 11.1 Å². The summed E-state index contributed by atoms with van der Waals surface area (Å²) in [5, 5.41) is 2.07. The van der Waals surface area contributed by atoms with E-state index in [9.17, 15) is 14.4 Å². The van der Waals surface area contributed by atoms with Gasteiger partial charge in [0.1, 0.15) is 0 Å². The number of allylic oxidation sites excluding steroid dienone is 1. The van der Waals surface area contributed by atoms with Crippen molar-refractivity contribution in [2.45, 2.75) is 6.42 Å². The van der Waals surface area contributed by atoms with Crippen LogP contribution in [0.4, 0.5) is 0 Å². The maximum Gasteiger partial charge on any atom is 0.262 e. The summed E-state index contributed by atoms with van der Waals surface area (Å²) in [5.74, 6) is -1.32. The summed E-state index contributed by atoms with van der Waals surface area (Å²) in [5.41, 5.74) is 0.221. The highest BCUT2D eigenvalue weighted by Crippen LogP contribution is 2.20. The van der Waals surface area contributed by atoms with Crippen molar-refractivity contribution in [1.82, 2.24) is 5.32 Å². The zero-order valence-electron chi connectivity index (χ0n) is 6.49. The molecule has 0 aromatic rings.